The van der Waals surface area contributed by atoms with Crippen molar-refractivity contribution < 1.29 is 0 Å². The van der Waals surface area contributed by atoms with Crippen LogP contribution in [0, 0.1) is 34.5 Å². The summed E-state index contributed by atoms with van der Waals surface area (Å²) < 4.78 is 0. The summed E-state index contributed by atoms with van der Waals surface area (Å²) >= 11 is 0. The molecule has 0 heterocycles. The molecule has 1 fully saturated rings. The maximum absolute atomic E-state index is 3.56. The lowest BCUT2D eigenvalue weighted by molar-refractivity contribution is 0.174. The predicted molar refractivity (Wildman–Crippen MR) is 128 cm³/mol. The molecule has 0 amide bonds. The third-order valence-electron chi connectivity index (χ3n) is 4.82. The van der Waals surface area contributed by atoms with E-state index in [4.69, 9.17) is 0 Å². The summed E-state index contributed by atoms with van der Waals surface area (Å²) in [4.78, 5) is 0. The molecule has 4 unspecified atom stereocenters. The Bertz CT molecular complexity index is 280. The highest BCUT2D eigenvalue weighted by molar-refractivity contribution is 4.96. The summed E-state index contributed by atoms with van der Waals surface area (Å²) in [5.74, 6) is 3.64. The van der Waals surface area contributed by atoms with E-state index in [0.29, 0.717) is 10.8 Å². The number of hydrogen-bond donors (Lipinski definition) is 0. The minimum absolute atomic E-state index is 0. The van der Waals surface area contributed by atoms with Crippen LogP contribution in [0.5, 0.6) is 0 Å². The van der Waals surface area contributed by atoms with E-state index in [1.807, 2.05) is 13.8 Å². The smallest absolute Gasteiger partial charge is 0.0295 e. The van der Waals surface area contributed by atoms with Crippen molar-refractivity contribution in [3.05, 3.63) is 12.2 Å². The molecule has 160 valence electrons. The first kappa shape index (κ1) is 39.7. The predicted octanol–water partition coefficient (Wildman–Crippen LogP) is 10.1. The van der Waals surface area contributed by atoms with E-state index in [2.05, 4.69) is 75.8 Å². The van der Waals surface area contributed by atoms with Gasteiger partial charge in [0.15, 0.2) is 0 Å². The summed E-state index contributed by atoms with van der Waals surface area (Å²) in [6, 6.07) is 0. The minimum Gasteiger partial charge on any atom is -0.100 e. The second-order valence-electron chi connectivity index (χ2n) is 9.55. The third kappa shape index (κ3) is 16.9. The van der Waals surface area contributed by atoms with Gasteiger partial charge in [-0.25, -0.2) is 0 Å². The van der Waals surface area contributed by atoms with Crippen molar-refractivity contribution in [1.82, 2.24) is 0 Å². The Kier molecular flexibility index (Phi) is 25.3. The van der Waals surface area contributed by atoms with Gasteiger partial charge >= 0.3 is 0 Å². The summed E-state index contributed by atoms with van der Waals surface area (Å²) in [6.07, 6.45) is 1.35. The molecule has 0 heteroatoms. The summed E-state index contributed by atoms with van der Waals surface area (Å²) in [6.45, 7) is 30.8. The molecule has 4 atom stereocenters. The largest absolute Gasteiger partial charge is 0.100 e. The van der Waals surface area contributed by atoms with Gasteiger partial charge in [-0.15, -0.1) is 6.58 Å². The molecule has 0 nitrogen and oxygen atoms in total. The van der Waals surface area contributed by atoms with E-state index in [9.17, 15) is 0 Å². The second-order valence-corrected chi connectivity index (χ2v) is 9.55. The molecule has 0 saturated heterocycles. The van der Waals surface area contributed by atoms with Crippen molar-refractivity contribution in [2.24, 2.45) is 34.5 Å². The van der Waals surface area contributed by atoms with Crippen LogP contribution >= 0.6 is 0 Å². The highest BCUT2D eigenvalue weighted by Gasteiger charge is 2.48. The lowest BCUT2D eigenvalue weighted by Crippen LogP contribution is -2.24. The molecule has 0 aromatic carbocycles. The molecule has 0 aromatic heterocycles. The molecular weight excluding hydrogens is 300 g/mol. The van der Waals surface area contributed by atoms with Crippen molar-refractivity contribution in [3.8, 4) is 0 Å². The molecule has 0 radical (unpaired) electrons. The lowest BCUT2D eigenvalue weighted by atomic mass is 9.73. The first-order chi connectivity index (χ1) is 9.16. The van der Waals surface area contributed by atoms with E-state index in [0.717, 1.165) is 23.7 Å². The Labute approximate surface area is 166 Å². The molecule has 0 aliphatic heterocycles. The number of hydrogen-bond acceptors (Lipinski definition) is 0. The van der Waals surface area contributed by atoms with E-state index in [1.165, 1.54) is 12.0 Å². The van der Waals surface area contributed by atoms with Crippen LogP contribution in [0.3, 0.4) is 0 Å². The van der Waals surface area contributed by atoms with Crippen molar-refractivity contribution in [1.29, 1.82) is 0 Å². The van der Waals surface area contributed by atoms with E-state index < -0.39 is 0 Å². The molecule has 1 aliphatic carbocycles. The number of allylic oxidation sites excluding steroid dienone is 1. The maximum atomic E-state index is 3.56. The molecule has 1 saturated carbocycles. The fourth-order valence-electron chi connectivity index (χ4n) is 3.41. The molecular formula is C25H60. The molecule has 1 aliphatic rings. The van der Waals surface area contributed by atoms with Crippen molar-refractivity contribution in [3.63, 3.8) is 0 Å². The minimum atomic E-state index is 0. The van der Waals surface area contributed by atoms with E-state index in [1.54, 1.807) is 0 Å². The summed E-state index contributed by atoms with van der Waals surface area (Å²) in [7, 11) is 0. The zero-order valence-corrected chi connectivity index (χ0v) is 17.2. The highest BCUT2D eigenvalue weighted by Crippen LogP contribution is 2.54. The van der Waals surface area contributed by atoms with Crippen LogP contribution < -0.4 is 0 Å². The highest BCUT2D eigenvalue weighted by atomic mass is 14.5. The van der Waals surface area contributed by atoms with Gasteiger partial charge in [0.25, 0.3) is 0 Å². The average Bonchev–Trinajstić information content (AvgIpc) is 2.37. The van der Waals surface area contributed by atoms with Crippen molar-refractivity contribution in [2.75, 3.05) is 0 Å². The van der Waals surface area contributed by atoms with Crippen LogP contribution in [-0.2, 0) is 0 Å². The van der Waals surface area contributed by atoms with Gasteiger partial charge in [0.1, 0.15) is 0 Å². The van der Waals surface area contributed by atoms with E-state index in [-0.39, 0.29) is 29.7 Å². The Morgan fingerprint density at radius 1 is 0.840 bits per heavy atom. The average molecular weight is 361 g/mol. The van der Waals surface area contributed by atoms with Gasteiger partial charge in [-0.3, -0.25) is 0 Å². The molecule has 0 bridgehead atoms. The molecule has 0 aromatic rings. The van der Waals surface area contributed by atoms with Crippen molar-refractivity contribution in [2.45, 2.75) is 119 Å². The number of rotatable bonds is 1. The Balaban J connectivity index is -0.0000000601. The zero-order valence-electron chi connectivity index (χ0n) is 17.2. The molecule has 0 spiro atoms. The second kappa shape index (κ2) is 16.0. The SMILES string of the molecule is C.C.C.C.C=C(C)C.CC(C)(C)C.CCC1C(C)C(C)C(C)C1(C)C. The van der Waals surface area contributed by atoms with Crippen LogP contribution in [0.15, 0.2) is 12.2 Å². The Morgan fingerprint density at radius 3 is 1.16 bits per heavy atom. The zero-order chi connectivity index (χ0) is 17.6. The maximum Gasteiger partial charge on any atom is -0.0295 e. The van der Waals surface area contributed by atoms with Gasteiger partial charge in [0, 0.05) is 0 Å². The Hall–Kier alpha value is -0.260. The fourth-order valence-corrected chi connectivity index (χ4v) is 3.41. The van der Waals surface area contributed by atoms with Crippen LogP contribution in [0.25, 0.3) is 0 Å². The van der Waals surface area contributed by atoms with Crippen LogP contribution in [-0.4, -0.2) is 0 Å². The first-order valence-corrected chi connectivity index (χ1v) is 8.78. The van der Waals surface area contributed by atoms with Gasteiger partial charge in [-0.2, -0.15) is 0 Å². The van der Waals surface area contributed by atoms with Gasteiger partial charge < -0.3 is 0 Å². The standard InChI is InChI=1S/C12H24.C5H12.C4H8.4CH4/c1-7-11-9(3)8(2)10(4)12(11,5)6;1-5(2,3)4;1-4(2)3;;;;/h8-11H,7H2,1-6H3;1-4H3;1H2,2-3H3;4*1H4. The third-order valence-corrected chi connectivity index (χ3v) is 4.82. The van der Waals surface area contributed by atoms with Gasteiger partial charge in [-0.05, 0) is 48.3 Å². The van der Waals surface area contributed by atoms with Crippen LogP contribution in [0.4, 0.5) is 0 Å². The van der Waals surface area contributed by atoms with Crippen molar-refractivity contribution >= 4 is 0 Å². The fraction of sp³-hybridized carbons (Fsp3) is 0.920. The lowest BCUT2D eigenvalue weighted by Gasteiger charge is -2.32. The summed E-state index contributed by atoms with van der Waals surface area (Å²) in [5.41, 5.74) is 2.23. The first-order valence-electron chi connectivity index (χ1n) is 8.78. The van der Waals surface area contributed by atoms with Crippen LogP contribution in [0.2, 0.25) is 0 Å². The van der Waals surface area contributed by atoms with E-state index >= 15 is 0 Å². The van der Waals surface area contributed by atoms with Gasteiger partial charge in [-0.1, -0.05) is 111 Å². The normalized spacial score (nSPS) is 25.8. The molecule has 0 N–H and O–H groups in total. The molecule has 1 rings (SSSR count). The quantitative estimate of drug-likeness (QED) is 0.408. The van der Waals surface area contributed by atoms with Gasteiger partial charge in [0.05, 0.1) is 0 Å². The molecule has 25 heavy (non-hydrogen) atoms. The monoisotopic (exact) mass is 360 g/mol. The van der Waals surface area contributed by atoms with Gasteiger partial charge in [0.2, 0.25) is 0 Å². The topological polar surface area (TPSA) is 0 Å². The Morgan fingerprint density at radius 2 is 1.08 bits per heavy atom. The van der Waals surface area contributed by atoms with Crippen LogP contribution in [0.1, 0.15) is 119 Å². The summed E-state index contributed by atoms with van der Waals surface area (Å²) in [5, 5.41) is 0.